The number of hydrogen-bond acceptors (Lipinski definition) is 5. The van der Waals surface area contributed by atoms with Crippen molar-refractivity contribution in [2.75, 3.05) is 11.9 Å². The first-order chi connectivity index (χ1) is 13.1. The van der Waals surface area contributed by atoms with Crippen LogP contribution in [0.3, 0.4) is 0 Å². The third kappa shape index (κ3) is 6.04. The molecule has 0 saturated heterocycles. The Balaban J connectivity index is 2.09. The van der Waals surface area contributed by atoms with E-state index in [1.807, 2.05) is 18.6 Å². The molecule has 2 aromatic rings. The van der Waals surface area contributed by atoms with Crippen molar-refractivity contribution < 1.29 is 21.6 Å². The molecule has 0 radical (unpaired) electrons. The van der Waals surface area contributed by atoms with Gasteiger partial charge in [-0.15, -0.1) is 0 Å². The average molecular weight is 426 g/mol. The zero-order valence-corrected chi connectivity index (χ0v) is 17.2. The van der Waals surface area contributed by atoms with Gasteiger partial charge in [0.1, 0.15) is 0 Å². The predicted molar refractivity (Wildman–Crippen MR) is 107 cm³/mol. The molecular formula is C18H23N3O5S2. The van der Waals surface area contributed by atoms with Crippen LogP contribution in [0.15, 0.2) is 58.3 Å². The molecule has 3 N–H and O–H groups in total. The Bertz CT molecular complexity index is 1030. The predicted octanol–water partition coefficient (Wildman–Crippen LogP) is 2.58. The molecule has 0 heterocycles. The van der Waals surface area contributed by atoms with E-state index in [2.05, 4.69) is 10.0 Å². The molecule has 0 spiro atoms. The van der Waals surface area contributed by atoms with Gasteiger partial charge in [-0.25, -0.2) is 31.1 Å². The number of aryl methyl sites for hydroxylation is 1. The maximum Gasteiger partial charge on any atom is 0.333 e. The lowest BCUT2D eigenvalue weighted by Crippen LogP contribution is -2.34. The normalized spacial score (nSPS) is 11.8. The molecule has 0 aliphatic heterocycles. The molecule has 10 heteroatoms. The highest BCUT2D eigenvalue weighted by atomic mass is 32.2. The Labute approximate surface area is 165 Å². The van der Waals surface area contributed by atoms with Gasteiger partial charge in [-0.2, -0.15) is 0 Å². The number of hydrogen-bond donors (Lipinski definition) is 3. The molecule has 2 rings (SSSR count). The SMILES string of the molecule is CCCCNS(=O)(=O)c1cccc(NC(=O)NS(=O)(=O)c2ccc(C)cc2)c1. The number of carbonyl (C=O) groups excluding carboxylic acids is 1. The van der Waals surface area contributed by atoms with Crippen LogP contribution in [0, 0.1) is 6.92 Å². The maximum atomic E-state index is 12.3. The Hall–Kier alpha value is -2.43. The van der Waals surface area contributed by atoms with Gasteiger partial charge in [0.25, 0.3) is 10.0 Å². The molecular weight excluding hydrogens is 402 g/mol. The van der Waals surface area contributed by atoms with Crippen LogP contribution in [0.25, 0.3) is 0 Å². The van der Waals surface area contributed by atoms with Crippen LogP contribution >= 0.6 is 0 Å². The third-order valence-corrected chi connectivity index (χ3v) is 6.59. The molecule has 28 heavy (non-hydrogen) atoms. The lowest BCUT2D eigenvalue weighted by Gasteiger charge is -2.11. The highest BCUT2D eigenvalue weighted by molar-refractivity contribution is 7.90. The fraction of sp³-hybridized carbons (Fsp3) is 0.278. The fourth-order valence-electron chi connectivity index (χ4n) is 2.26. The van der Waals surface area contributed by atoms with Gasteiger partial charge in [0.15, 0.2) is 0 Å². The Morgan fingerprint density at radius 1 is 0.929 bits per heavy atom. The van der Waals surface area contributed by atoms with Crippen molar-refractivity contribution in [3.8, 4) is 0 Å². The Kier molecular flexibility index (Phi) is 7.17. The second-order valence-electron chi connectivity index (χ2n) is 6.15. The van der Waals surface area contributed by atoms with E-state index >= 15 is 0 Å². The summed E-state index contributed by atoms with van der Waals surface area (Å²) in [4.78, 5) is 12.0. The van der Waals surface area contributed by atoms with Crippen molar-refractivity contribution in [1.29, 1.82) is 0 Å². The van der Waals surface area contributed by atoms with Gasteiger partial charge in [0.05, 0.1) is 9.79 Å². The highest BCUT2D eigenvalue weighted by Crippen LogP contribution is 2.16. The zero-order valence-electron chi connectivity index (χ0n) is 15.6. The monoisotopic (exact) mass is 425 g/mol. The van der Waals surface area contributed by atoms with Gasteiger partial charge in [0.2, 0.25) is 10.0 Å². The van der Waals surface area contributed by atoms with E-state index in [9.17, 15) is 21.6 Å². The quantitative estimate of drug-likeness (QED) is 0.561. The second-order valence-corrected chi connectivity index (χ2v) is 9.60. The largest absolute Gasteiger partial charge is 0.333 e. The van der Waals surface area contributed by atoms with Crippen molar-refractivity contribution in [2.24, 2.45) is 0 Å². The van der Waals surface area contributed by atoms with Gasteiger partial charge in [-0.1, -0.05) is 37.1 Å². The Morgan fingerprint density at radius 2 is 1.61 bits per heavy atom. The van der Waals surface area contributed by atoms with Crippen LogP contribution < -0.4 is 14.8 Å². The van der Waals surface area contributed by atoms with E-state index in [1.165, 1.54) is 36.4 Å². The standard InChI is InChI=1S/C18H23N3O5S2/c1-3-4-12-19-27(23,24)17-7-5-6-15(13-17)20-18(22)21-28(25,26)16-10-8-14(2)9-11-16/h5-11,13,19H,3-4,12H2,1-2H3,(H2,20,21,22). The maximum absolute atomic E-state index is 12.3. The minimum absolute atomic E-state index is 0.0252. The summed E-state index contributed by atoms with van der Waals surface area (Å²) in [6.45, 7) is 4.07. The number of rotatable bonds is 8. The first kappa shape index (κ1) is 21.9. The topological polar surface area (TPSA) is 121 Å². The van der Waals surface area contributed by atoms with Crippen molar-refractivity contribution in [2.45, 2.75) is 36.5 Å². The van der Waals surface area contributed by atoms with Crippen LogP contribution in [0.2, 0.25) is 0 Å². The van der Waals surface area contributed by atoms with E-state index < -0.39 is 26.1 Å². The number of carbonyl (C=O) groups is 1. The summed E-state index contributed by atoms with van der Waals surface area (Å²) in [5.74, 6) is 0. The minimum Gasteiger partial charge on any atom is -0.307 e. The molecule has 0 aromatic heterocycles. The summed E-state index contributed by atoms with van der Waals surface area (Å²) < 4.78 is 53.3. The van der Waals surface area contributed by atoms with Gasteiger partial charge in [-0.05, 0) is 43.7 Å². The van der Waals surface area contributed by atoms with Gasteiger partial charge in [0, 0.05) is 12.2 Å². The molecule has 0 saturated carbocycles. The number of sulfonamides is 2. The molecule has 0 aliphatic carbocycles. The summed E-state index contributed by atoms with van der Waals surface area (Å²) in [6, 6.07) is 10.6. The molecule has 2 aromatic carbocycles. The molecule has 0 unspecified atom stereocenters. The zero-order chi connectivity index (χ0) is 20.8. The number of unbranched alkanes of at least 4 members (excludes halogenated alkanes) is 1. The van der Waals surface area contributed by atoms with E-state index in [4.69, 9.17) is 0 Å². The van der Waals surface area contributed by atoms with Crippen LogP contribution in [0.1, 0.15) is 25.3 Å². The third-order valence-electron chi connectivity index (χ3n) is 3.78. The molecule has 0 atom stereocenters. The molecule has 8 nitrogen and oxygen atoms in total. The number of amides is 2. The Morgan fingerprint density at radius 3 is 2.25 bits per heavy atom. The fourth-order valence-corrected chi connectivity index (χ4v) is 4.29. The average Bonchev–Trinajstić information content (AvgIpc) is 2.62. The smallest absolute Gasteiger partial charge is 0.307 e. The number of nitrogens with one attached hydrogen (secondary N) is 3. The van der Waals surface area contributed by atoms with Gasteiger partial charge in [-0.3, -0.25) is 0 Å². The highest BCUT2D eigenvalue weighted by Gasteiger charge is 2.18. The first-order valence-electron chi connectivity index (χ1n) is 8.64. The van der Waals surface area contributed by atoms with E-state index in [0.29, 0.717) is 13.0 Å². The molecule has 0 bridgehead atoms. The van der Waals surface area contributed by atoms with Crippen LogP contribution in [0.5, 0.6) is 0 Å². The van der Waals surface area contributed by atoms with Crippen molar-refractivity contribution in [3.63, 3.8) is 0 Å². The van der Waals surface area contributed by atoms with Crippen molar-refractivity contribution in [3.05, 3.63) is 54.1 Å². The van der Waals surface area contributed by atoms with E-state index in [0.717, 1.165) is 12.0 Å². The molecule has 0 aliphatic rings. The summed E-state index contributed by atoms with van der Waals surface area (Å²) in [5.41, 5.74) is 1.03. The van der Waals surface area contributed by atoms with Crippen LogP contribution in [-0.2, 0) is 20.0 Å². The van der Waals surface area contributed by atoms with Crippen LogP contribution in [-0.4, -0.2) is 29.4 Å². The summed E-state index contributed by atoms with van der Waals surface area (Å²) in [7, 11) is -7.76. The summed E-state index contributed by atoms with van der Waals surface area (Å²) >= 11 is 0. The van der Waals surface area contributed by atoms with E-state index in [1.54, 1.807) is 12.1 Å². The number of anilines is 1. The lowest BCUT2D eigenvalue weighted by atomic mass is 10.2. The van der Waals surface area contributed by atoms with Gasteiger partial charge < -0.3 is 5.32 Å². The summed E-state index contributed by atoms with van der Waals surface area (Å²) in [5, 5.41) is 2.34. The van der Waals surface area contributed by atoms with Gasteiger partial charge >= 0.3 is 6.03 Å². The lowest BCUT2D eigenvalue weighted by molar-refractivity contribution is 0.256. The van der Waals surface area contributed by atoms with E-state index in [-0.39, 0.29) is 15.5 Å². The number of urea groups is 1. The van der Waals surface area contributed by atoms with Crippen LogP contribution in [0.4, 0.5) is 10.5 Å². The molecule has 2 amide bonds. The second kappa shape index (κ2) is 9.18. The first-order valence-corrected chi connectivity index (χ1v) is 11.6. The molecule has 0 fully saturated rings. The minimum atomic E-state index is -4.04. The van der Waals surface area contributed by atoms with Crippen molar-refractivity contribution >= 4 is 31.8 Å². The number of benzene rings is 2. The summed E-state index contributed by atoms with van der Waals surface area (Å²) in [6.07, 6.45) is 1.55. The molecule has 152 valence electrons. The van der Waals surface area contributed by atoms with Crippen molar-refractivity contribution in [1.82, 2.24) is 9.44 Å².